The molecule has 1 atom stereocenters. The van der Waals surface area contributed by atoms with Crippen molar-refractivity contribution in [2.75, 3.05) is 13.2 Å². The molecule has 1 amide bonds. The summed E-state index contributed by atoms with van der Waals surface area (Å²) in [4.78, 5) is 14.3. The lowest BCUT2D eigenvalue weighted by molar-refractivity contribution is -0.121. The quantitative estimate of drug-likeness (QED) is 0.762. The molecule has 0 aliphatic rings. The van der Waals surface area contributed by atoms with Crippen molar-refractivity contribution in [3.8, 4) is 0 Å². The topological polar surface area (TPSA) is 49.3 Å². The second kappa shape index (κ2) is 8.27. The molecule has 0 aliphatic heterocycles. The summed E-state index contributed by atoms with van der Waals surface area (Å²) in [6.45, 7) is 4.99. The van der Waals surface area contributed by atoms with Crippen molar-refractivity contribution in [3.05, 3.63) is 21.9 Å². The van der Waals surface area contributed by atoms with Gasteiger partial charge in [-0.3, -0.25) is 4.79 Å². The number of aryl methyl sites for hydroxylation is 2. The van der Waals surface area contributed by atoms with E-state index in [9.17, 15) is 4.79 Å². The fraction of sp³-hybridized carbons (Fsp3) is 0.643. The van der Waals surface area contributed by atoms with E-state index >= 15 is 0 Å². The van der Waals surface area contributed by atoms with Gasteiger partial charge in [0.1, 0.15) is 0 Å². The molecule has 18 heavy (non-hydrogen) atoms. The zero-order chi connectivity index (χ0) is 13.4. The summed E-state index contributed by atoms with van der Waals surface area (Å²) in [6, 6.07) is 4.26. The molecule has 0 saturated carbocycles. The third-order valence-corrected chi connectivity index (χ3v) is 3.95. The maximum Gasteiger partial charge on any atom is 0.220 e. The van der Waals surface area contributed by atoms with Gasteiger partial charge in [-0.05, 0) is 44.2 Å². The molecule has 102 valence electrons. The fourth-order valence-electron chi connectivity index (χ4n) is 1.74. The number of amides is 1. The van der Waals surface area contributed by atoms with Gasteiger partial charge >= 0.3 is 0 Å². The van der Waals surface area contributed by atoms with Crippen LogP contribution in [0, 0.1) is 12.8 Å². The van der Waals surface area contributed by atoms with Crippen molar-refractivity contribution < 1.29 is 9.90 Å². The summed E-state index contributed by atoms with van der Waals surface area (Å²) < 4.78 is 0. The molecule has 1 unspecified atom stereocenters. The second-order valence-corrected chi connectivity index (χ2v) is 6.16. The Labute approximate surface area is 113 Å². The number of rotatable bonds is 8. The van der Waals surface area contributed by atoms with E-state index in [1.807, 2.05) is 6.92 Å². The summed E-state index contributed by atoms with van der Waals surface area (Å²) in [7, 11) is 0. The third-order valence-electron chi connectivity index (χ3n) is 2.89. The summed E-state index contributed by atoms with van der Waals surface area (Å²) in [6.07, 6.45) is 3.22. The second-order valence-electron chi connectivity index (χ2n) is 4.79. The van der Waals surface area contributed by atoms with E-state index < -0.39 is 0 Å². The number of aliphatic hydroxyl groups is 1. The van der Waals surface area contributed by atoms with Crippen LogP contribution in [0.5, 0.6) is 0 Å². The fourth-order valence-corrected chi connectivity index (χ4v) is 2.67. The van der Waals surface area contributed by atoms with Crippen LogP contribution in [0.3, 0.4) is 0 Å². The molecule has 1 rings (SSSR count). The Morgan fingerprint density at radius 2 is 2.28 bits per heavy atom. The van der Waals surface area contributed by atoms with Crippen molar-refractivity contribution in [3.63, 3.8) is 0 Å². The molecule has 0 aromatic carbocycles. The predicted molar refractivity (Wildman–Crippen MR) is 75.9 cm³/mol. The van der Waals surface area contributed by atoms with Gasteiger partial charge in [-0.15, -0.1) is 11.3 Å². The Balaban J connectivity index is 2.10. The van der Waals surface area contributed by atoms with E-state index in [1.165, 1.54) is 9.75 Å². The average Bonchev–Trinajstić information content (AvgIpc) is 2.73. The Morgan fingerprint density at radius 1 is 1.50 bits per heavy atom. The van der Waals surface area contributed by atoms with Crippen molar-refractivity contribution >= 4 is 17.2 Å². The van der Waals surface area contributed by atoms with Crippen molar-refractivity contribution in [2.24, 2.45) is 5.92 Å². The lowest BCUT2D eigenvalue weighted by atomic mass is 10.1. The van der Waals surface area contributed by atoms with Crippen LogP contribution < -0.4 is 5.32 Å². The van der Waals surface area contributed by atoms with E-state index in [2.05, 4.69) is 24.4 Å². The minimum Gasteiger partial charge on any atom is -0.396 e. The molecule has 1 aromatic rings. The Morgan fingerprint density at radius 3 is 2.89 bits per heavy atom. The Hall–Kier alpha value is -0.870. The molecule has 0 aliphatic carbocycles. The molecule has 0 radical (unpaired) electrons. The highest BCUT2D eigenvalue weighted by atomic mass is 32.1. The minimum absolute atomic E-state index is 0.119. The van der Waals surface area contributed by atoms with Crippen molar-refractivity contribution in [2.45, 2.75) is 39.5 Å². The number of aliphatic hydroxyl groups excluding tert-OH is 1. The van der Waals surface area contributed by atoms with Gasteiger partial charge in [0.15, 0.2) is 0 Å². The number of hydrogen-bond donors (Lipinski definition) is 2. The van der Waals surface area contributed by atoms with Crippen molar-refractivity contribution in [1.82, 2.24) is 5.32 Å². The molecular weight excluding hydrogens is 246 g/mol. The van der Waals surface area contributed by atoms with Crippen LogP contribution in [0.15, 0.2) is 12.1 Å². The van der Waals surface area contributed by atoms with Crippen molar-refractivity contribution in [1.29, 1.82) is 0 Å². The van der Waals surface area contributed by atoms with Gasteiger partial charge in [-0.2, -0.15) is 0 Å². The molecule has 4 heteroatoms. The zero-order valence-corrected chi connectivity index (χ0v) is 12.1. The van der Waals surface area contributed by atoms with Crippen LogP contribution >= 0.6 is 11.3 Å². The van der Waals surface area contributed by atoms with E-state index in [4.69, 9.17) is 5.11 Å². The van der Waals surface area contributed by atoms with Gasteiger partial charge in [0.2, 0.25) is 5.91 Å². The van der Waals surface area contributed by atoms with Gasteiger partial charge in [0.05, 0.1) is 0 Å². The average molecular weight is 269 g/mol. The Bertz CT molecular complexity index is 362. The number of carbonyl (C=O) groups is 1. The van der Waals surface area contributed by atoms with E-state index in [0.29, 0.717) is 18.9 Å². The number of hydrogen-bond acceptors (Lipinski definition) is 3. The van der Waals surface area contributed by atoms with Crippen LogP contribution in [0.2, 0.25) is 0 Å². The maximum atomic E-state index is 11.6. The molecule has 0 spiro atoms. The highest BCUT2D eigenvalue weighted by molar-refractivity contribution is 7.11. The number of thiophene rings is 1. The number of nitrogens with one attached hydrogen (secondary N) is 1. The summed E-state index contributed by atoms with van der Waals surface area (Å²) in [5.41, 5.74) is 0. The normalized spacial score (nSPS) is 12.4. The maximum absolute atomic E-state index is 11.6. The molecular formula is C14H23NO2S. The Kier molecular flexibility index (Phi) is 6.98. The highest BCUT2D eigenvalue weighted by Gasteiger charge is 2.05. The molecule has 0 saturated heterocycles. The first-order valence-electron chi connectivity index (χ1n) is 6.54. The molecule has 1 aromatic heterocycles. The molecule has 3 nitrogen and oxygen atoms in total. The first-order valence-corrected chi connectivity index (χ1v) is 7.36. The first kappa shape index (κ1) is 15.2. The summed E-state index contributed by atoms with van der Waals surface area (Å²) in [5, 5.41) is 11.7. The smallest absolute Gasteiger partial charge is 0.220 e. The van der Waals surface area contributed by atoms with Gasteiger partial charge in [-0.25, -0.2) is 0 Å². The highest BCUT2D eigenvalue weighted by Crippen LogP contribution is 2.17. The SMILES string of the molecule is Cc1ccc(CCCC(=O)NCC(C)CCO)s1. The van der Waals surface area contributed by atoms with Crippen LogP contribution in [0.25, 0.3) is 0 Å². The van der Waals surface area contributed by atoms with Gasteiger partial charge in [0, 0.05) is 29.3 Å². The number of carbonyl (C=O) groups excluding carboxylic acids is 1. The van der Waals surface area contributed by atoms with Crippen LogP contribution in [-0.2, 0) is 11.2 Å². The van der Waals surface area contributed by atoms with Gasteiger partial charge < -0.3 is 10.4 Å². The summed E-state index contributed by atoms with van der Waals surface area (Å²) in [5.74, 6) is 0.465. The zero-order valence-electron chi connectivity index (χ0n) is 11.2. The van der Waals surface area contributed by atoms with E-state index in [1.54, 1.807) is 11.3 Å². The van der Waals surface area contributed by atoms with E-state index in [0.717, 1.165) is 19.3 Å². The van der Waals surface area contributed by atoms with Crippen LogP contribution in [-0.4, -0.2) is 24.2 Å². The first-order chi connectivity index (χ1) is 8.61. The molecule has 0 bridgehead atoms. The van der Waals surface area contributed by atoms with Crippen LogP contribution in [0.1, 0.15) is 35.9 Å². The monoisotopic (exact) mass is 269 g/mol. The molecule has 0 fully saturated rings. The molecule has 2 N–H and O–H groups in total. The lowest BCUT2D eigenvalue weighted by Crippen LogP contribution is -2.28. The predicted octanol–water partition coefficient (Wildman–Crippen LogP) is 2.51. The van der Waals surface area contributed by atoms with E-state index in [-0.39, 0.29) is 12.5 Å². The standard InChI is InChI=1S/C14H23NO2S/c1-11(8-9-16)10-15-14(17)5-3-4-13-7-6-12(2)18-13/h6-7,11,16H,3-5,8-10H2,1-2H3,(H,15,17). The molecule has 1 heterocycles. The largest absolute Gasteiger partial charge is 0.396 e. The summed E-state index contributed by atoms with van der Waals surface area (Å²) >= 11 is 1.80. The minimum atomic E-state index is 0.119. The lowest BCUT2D eigenvalue weighted by Gasteiger charge is -2.10. The van der Waals surface area contributed by atoms with Gasteiger partial charge in [-0.1, -0.05) is 6.92 Å². The van der Waals surface area contributed by atoms with Gasteiger partial charge in [0.25, 0.3) is 0 Å². The van der Waals surface area contributed by atoms with Crippen LogP contribution in [0.4, 0.5) is 0 Å². The third kappa shape index (κ3) is 6.17.